The lowest BCUT2D eigenvalue weighted by molar-refractivity contribution is 0.510. The highest BCUT2D eigenvalue weighted by Gasteiger charge is 2.29. The predicted octanol–water partition coefficient (Wildman–Crippen LogP) is 3.11. The third kappa shape index (κ3) is 2.58. The van der Waals surface area contributed by atoms with E-state index in [1.807, 2.05) is 36.4 Å². The minimum absolute atomic E-state index is 0.0906. The van der Waals surface area contributed by atoms with Gasteiger partial charge < -0.3 is 0 Å². The van der Waals surface area contributed by atoms with Crippen LogP contribution in [-0.4, -0.2) is 35.8 Å². The fourth-order valence-corrected chi connectivity index (χ4v) is 4.27. The Labute approximate surface area is 153 Å². The third-order valence-corrected chi connectivity index (χ3v) is 6.38. The van der Waals surface area contributed by atoms with Crippen LogP contribution in [0.1, 0.15) is 28.3 Å². The Morgan fingerprint density at radius 2 is 1.69 bits per heavy atom. The summed E-state index contributed by atoms with van der Waals surface area (Å²) in [6.45, 7) is 0. The van der Waals surface area contributed by atoms with Crippen molar-refractivity contribution in [2.24, 2.45) is 0 Å². The molecule has 1 aliphatic rings. The van der Waals surface area contributed by atoms with Crippen LogP contribution >= 0.6 is 0 Å². The maximum atomic E-state index is 12.7. The first-order valence-corrected chi connectivity index (χ1v) is 9.71. The number of benzene rings is 2. The smallest absolute Gasteiger partial charge is 0.243 e. The molecule has 1 aliphatic carbocycles. The Hall–Kier alpha value is -2.70. The summed E-state index contributed by atoms with van der Waals surface area (Å²) in [6, 6.07) is 18.3. The number of hydrogen-bond donors (Lipinski definition) is 0. The van der Waals surface area contributed by atoms with E-state index in [2.05, 4.69) is 29.3 Å². The molecule has 3 aromatic rings. The summed E-state index contributed by atoms with van der Waals surface area (Å²) in [6.07, 6.45) is 5.08. The molecule has 0 saturated heterocycles. The van der Waals surface area contributed by atoms with Gasteiger partial charge in [-0.15, -0.1) is 0 Å². The molecule has 0 radical (unpaired) electrons. The molecule has 1 unspecified atom stereocenters. The standard InChI is InChI=1S/C20H19N3O2S/c1-22(2)26(24,25)23-14-21-13-20(23)19-12-18(15-8-4-3-5-9-15)16-10-6-7-11-17(16)19/h3-14,18H,1-2H3. The van der Waals surface area contributed by atoms with Gasteiger partial charge in [-0.05, 0) is 16.7 Å². The predicted molar refractivity (Wildman–Crippen MR) is 102 cm³/mol. The number of allylic oxidation sites excluding steroid dienone is 1. The molecule has 1 aromatic heterocycles. The summed E-state index contributed by atoms with van der Waals surface area (Å²) in [4.78, 5) is 4.10. The van der Waals surface area contributed by atoms with Gasteiger partial charge in [0, 0.05) is 25.6 Å². The molecule has 0 N–H and O–H groups in total. The molecule has 6 heteroatoms. The van der Waals surface area contributed by atoms with Crippen molar-refractivity contribution in [3.63, 3.8) is 0 Å². The van der Waals surface area contributed by atoms with Gasteiger partial charge >= 0.3 is 10.2 Å². The van der Waals surface area contributed by atoms with Gasteiger partial charge in [0.05, 0.1) is 11.9 Å². The van der Waals surface area contributed by atoms with Crippen molar-refractivity contribution in [1.82, 2.24) is 13.3 Å². The monoisotopic (exact) mass is 365 g/mol. The Morgan fingerprint density at radius 3 is 2.42 bits per heavy atom. The average Bonchev–Trinajstić information content (AvgIpc) is 3.27. The zero-order chi connectivity index (χ0) is 18.3. The summed E-state index contributed by atoms with van der Waals surface area (Å²) in [5.74, 6) is 0.0906. The van der Waals surface area contributed by atoms with Gasteiger partial charge in [-0.2, -0.15) is 12.7 Å². The van der Waals surface area contributed by atoms with Crippen LogP contribution < -0.4 is 0 Å². The molecule has 0 spiro atoms. The minimum atomic E-state index is -3.64. The fraction of sp³-hybridized carbons (Fsp3) is 0.150. The summed E-state index contributed by atoms with van der Waals surface area (Å²) in [7, 11) is -0.606. The van der Waals surface area contributed by atoms with Crippen LogP contribution in [0.3, 0.4) is 0 Å². The molecular formula is C20H19N3O2S. The van der Waals surface area contributed by atoms with E-state index < -0.39 is 10.2 Å². The quantitative estimate of drug-likeness (QED) is 0.714. The molecule has 4 rings (SSSR count). The molecule has 1 atom stereocenters. The summed E-state index contributed by atoms with van der Waals surface area (Å²) < 4.78 is 27.7. The Balaban J connectivity index is 1.90. The second-order valence-electron chi connectivity index (χ2n) is 6.42. The topological polar surface area (TPSA) is 55.2 Å². The molecule has 0 aliphatic heterocycles. The van der Waals surface area contributed by atoms with Gasteiger partial charge in [-0.25, -0.2) is 8.96 Å². The Kier molecular flexibility index (Phi) is 4.01. The van der Waals surface area contributed by atoms with E-state index in [9.17, 15) is 8.42 Å². The van der Waals surface area contributed by atoms with Crippen LogP contribution in [0.15, 0.2) is 73.2 Å². The Bertz CT molecular complexity index is 1080. The van der Waals surface area contributed by atoms with Crippen molar-refractivity contribution < 1.29 is 8.42 Å². The van der Waals surface area contributed by atoms with Gasteiger partial charge in [0.25, 0.3) is 0 Å². The van der Waals surface area contributed by atoms with Crippen molar-refractivity contribution in [3.8, 4) is 0 Å². The molecule has 1 heterocycles. The second kappa shape index (κ2) is 6.23. The van der Waals surface area contributed by atoms with Gasteiger partial charge in [0.1, 0.15) is 6.33 Å². The third-order valence-electron chi connectivity index (χ3n) is 4.67. The number of rotatable bonds is 4. The maximum absolute atomic E-state index is 12.7. The van der Waals surface area contributed by atoms with E-state index >= 15 is 0 Å². The van der Waals surface area contributed by atoms with Gasteiger partial charge in [0.2, 0.25) is 0 Å². The number of fused-ring (bicyclic) bond motifs is 1. The van der Waals surface area contributed by atoms with E-state index in [1.165, 1.54) is 39.8 Å². The molecule has 0 amide bonds. The molecule has 132 valence electrons. The lowest BCUT2D eigenvalue weighted by Gasteiger charge is -2.15. The minimum Gasteiger partial charge on any atom is -0.243 e. The van der Waals surface area contributed by atoms with Gasteiger partial charge in [-0.1, -0.05) is 60.7 Å². The normalized spacial score (nSPS) is 16.6. The van der Waals surface area contributed by atoms with Crippen molar-refractivity contribution in [3.05, 3.63) is 95.6 Å². The number of imidazole rings is 1. The van der Waals surface area contributed by atoms with Crippen LogP contribution in [0.5, 0.6) is 0 Å². The van der Waals surface area contributed by atoms with Crippen molar-refractivity contribution in [2.75, 3.05) is 14.1 Å². The van der Waals surface area contributed by atoms with E-state index in [-0.39, 0.29) is 5.92 Å². The highest BCUT2D eigenvalue weighted by molar-refractivity contribution is 7.87. The molecule has 2 aromatic carbocycles. The van der Waals surface area contributed by atoms with Crippen LogP contribution in [-0.2, 0) is 10.2 Å². The summed E-state index contributed by atoms with van der Waals surface area (Å²) >= 11 is 0. The first-order chi connectivity index (χ1) is 12.5. The zero-order valence-corrected chi connectivity index (χ0v) is 15.4. The fourth-order valence-electron chi connectivity index (χ4n) is 3.35. The second-order valence-corrected chi connectivity index (χ2v) is 8.44. The van der Waals surface area contributed by atoms with Crippen molar-refractivity contribution in [2.45, 2.75) is 5.92 Å². The average molecular weight is 365 g/mol. The lowest BCUT2D eigenvalue weighted by atomic mass is 9.93. The van der Waals surface area contributed by atoms with Crippen molar-refractivity contribution >= 4 is 15.8 Å². The highest BCUT2D eigenvalue weighted by atomic mass is 32.2. The first-order valence-electron chi connectivity index (χ1n) is 8.32. The molecule has 26 heavy (non-hydrogen) atoms. The SMILES string of the molecule is CN(C)S(=O)(=O)n1cncc1C1=CC(c2ccccc2)c2ccccc21. The van der Waals surface area contributed by atoms with E-state index in [1.54, 1.807) is 6.20 Å². The molecule has 0 saturated carbocycles. The van der Waals surface area contributed by atoms with Gasteiger partial charge in [0.15, 0.2) is 0 Å². The van der Waals surface area contributed by atoms with Crippen LogP contribution in [0.4, 0.5) is 0 Å². The van der Waals surface area contributed by atoms with Gasteiger partial charge in [-0.3, -0.25) is 0 Å². The van der Waals surface area contributed by atoms with Crippen LogP contribution in [0.25, 0.3) is 5.57 Å². The summed E-state index contributed by atoms with van der Waals surface area (Å²) in [5.41, 5.74) is 4.85. The number of nitrogens with zero attached hydrogens (tertiary/aromatic N) is 3. The van der Waals surface area contributed by atoms with E-state index in [0.29, 0.717) is 5.69 Å². The largest absolute Gasteiger partial charge is 0.308 e. The molecular weight excluding hydrogens is 346 g/mol. The highest BCUT2D eigenvalue weighted by Crippen LogP contribution is 2.42. The lowest BCUT2D eigenvalue weighted by Crippen LogP contribution is -2.29. The zero-order valence-electron chi connectivity index (χ0n) is 14.6. The Morgan fingerprint density at radius 1 is 1.00 bits per heavy atom. The first kappa shape index (κ1) is 16.8. The number of aromatic nitrogens is 2. The van der Waals surface area contributed by atoms with E-state index in [4.69, 9.17) is 0 Å². The number of hydrogen-bond acceptors (Lipinski definition) is 3. The maximum Gasteiger partial charge on any atom is 0.308 e. The van der Waals surface area contributed by atoms with Crippen molar-refractivity contribution in [1.29, 1.82) is 0 Å². The summed E-state index contributed by atoms with van der Waals surface area (Å²) in [5, 5.41) is 0. The van der Waals surface area contributed by atoms with Crippen LogP contribution in [0.2, 0.25) is 0 Å². The van der Waals surface area contributed by atoms with E-state index in [0.717, 1.165) is 11.1 Å². The molecule has 0 fully saturated rings. The van der Waals surface area contributed by atoms with Crippen LogP contribution in [0, 0.1) is 0 Å². The molecule has 5 nitrogen and oxygen atoms in total. The molecule has 0 bridgehead atoms.